The number of carbonyl (C=O) groups is 2. The molecule has 0 bridgehead atoms. The van der Waals surface area contributed by atoms with E-state index in [-0.39, 0.29) is 30.8 Å². The molecule has 8 heteroatoms. The molecule has 0 radical (unpaired) electrons. The minimum absolute atomic E-state index is 0.121. The van der Waals surface area contributed by atoms with Gasteiger partial charge in [0.2, 0.25) is 0 Å². The van der Waals surface area contributed by atoms with E-state index in [4.69, 9.17) is 9.84 Å². The van der Waals surface area contributed by atoms with E-state index in [1.165, 1.54) is 31.2 Å². The number of nitrogens with zero attached hydrogens (tertiary/aromatic N) is 1. The highest BCUT2D eigenvalue weighted by molar-refractivity contribution is 5.81. The Balaban J connectivity index is 2.15. The first-order chi connectivity index (χ1) is 12.8. The van der Waals surface area contributed by atoms with Crippen molar-refractivity contribution < 1.29 is 32.6 Å². The highest BCUT2D eigenvalue weighted by atomic mass is 19.2. The van der Waals surface area contributed by atoms with E-state index in [0.29, 0.717) is 0 Å². The number of rotatable bonds is 8. The van der Waals surface area contributed by atoms with Gasteiger partial charge in [0.1, 0.15) is 0 Å². The predicted molar refractivity (Wildman–Crippen MR) is 90.5 cm³/mol. The second kappa shape index (κ2) is 9.07. The van der Waals surface area contributed by atoms with E-state index in [1.807, 2.05) is 0 Å². The zero-order chi connectivity index (χ0) is 20.0. The normalized spacial score (nSPS) is 11.7. The molecule has 0 spiro atoms. The molecule has 2 aromatic carbocycles. The molecule has 0 heterocycles. The van der Waals surface area contributed by atoms with Crippen molar-refractivity contribution in [3.05, 3.63) is 65.5 Å². The lowest BCUT2D eigenvalue weighted by Gasteiger charge is -2.26. The molecule has 1 amide bonds. The van der Waals surface area contributed by atoms with Gasteiger partial charge in [-0.2, -0.15) is 0 Å². The van der Waals surface area contributed by atoms with Gasteiger partial charge in [0, 0.05) is 13.1 Å². The molecule has 0 saturated heterocycles. The molecule has 2 aromatic rings. The van der Waals surface area contributed by atoms with Crippen LogP contribution in [0.1, 0.15) is 18.9 Å². The topological polar surface area (TPSA) is 66.8 Å². The van der Waals surface area contributed by atoms with Crippen molar-refractivity contribution in [2.45, 2.75) is 26.0 Å². The van der Waals surface area contributed by atoms with Crippen molar-refractivity contribution >= 4 is 11.9 Å². The van der Waals surface area contributed by atoms with Crippen LogP contribution in [0.3, 0.4) is 0 Å². The third-order valence-electron chi connectivity index (χ3n) is 3.75. The maximum absolute atomic E-state index is 13.7. The molecule has 0 saturated carbocycles. The number of carboxylic acids is 1. The van der Waals surface area contributed by atoms with Gasteiger partial charge in [0.05, 0.1) is 6.42 Å². The average Bonchev–Trinajstić information content (AvgIpc) is 2.62. The number of halogens is 3. The Morgan fingerprint density at radius 2 is 1.78 bits per heavy atom. The first kappa shape index (κ1) is 20.3. The highest BCUT2D eigenvalue weighted by Crippen LogP contribution is 2.19. The Hall–Kier alpha value is -3.03. The zero-order valence-electron chi connectivity index (χ0n) is 14.5. The standard InChI is InChI=1S/C19H18F3NO4/c1-12(27-17-5-3-2-4-15(17)21)19(26)23(9-8-18(24)25)11-13-6-7-14(20)16(22)10-13/h2-7,10,12H,8-9,11H2,1H3,(H,24,25). The lowest BCUT2D eigenvalue weighted by Crippen LogP contribution is -2.41. The first-order valence-electron chi connectivity index (χ1n) is 8.13. The van der Waals surface area contributed by atoms with Crippen LogP contribution in [-0.2, 0) is 16.1 Å². The third kappa shape index (κ3) is 5.73. The number of carboxylic acid groups (broad SMARTS) is 1. The van der Waals surface area contributed by atoms with E-state index >= 15 is 0 Å². The smallest absolute Gasteiger partial charge is 0.305 e. The first-order valence-corrected chi connectivity index (χ1v) is 8.13. The summed E-state index contributed by atoms with van der Waals surface area (Å²) in [6.07, 6.45) is -1.46. The van der Waals surface area contributed by atoms with E-state index in [9.17, 15) is 22.8 Å². The van der Waals surface area contributed by atoms with Gasteiger partial charge >= 0.3 is 5.97 Å². The van der Waals surface area contributed by atoms with Gasteiger partial charge in [-0.1, -0.05) is 18.2 Å². The fraction of sp³-hybridized carbons (Fsp3) is 0.263. The molecule has 5 nitrogen and oxygen atoms in total. The van der Waals surface area contributed by atoms with Crippen molar-refractivity contribution in [2.75, 3.05) is 6.54 Å². The Kier molecular flexibility index (Phi) is 6.81. The molecule has 0 aromatic heterocycles. The number of benzene rings is 2. The maximum Gasteiger partial charge on any atom is 0.305 e. The molecule has 2 rings (SSSR count). The van der Waals surface area contributed by atoms with Crippen molar-refractivity contribution in [1.82, 2.24) is 4.90 Å². The van der Waals surface area contributed by atoms with Crippen LogP contribution in [0.15, 0.2) is 42.5 Å². The molecular weight excluding hydrogens is 363 g/mol. The summed E-state index contributed by atoms with van der Waals surface area (Å²) < 4.78 is 45.5. The van der Waals surface area contributed by atoms with Gasteiger partial charge in [0.25, 0.3) is 5.91 Å². The van der Waals surface area contributed by atoms with Crippen molar-refractivity contribution in [3.63, 3.8) is 0 Å². The number of ether oxygens (including phenoxy) is 1. The molecule has 1 unspecified atom stereocenters. The SMILES string of the molecule is CC(Oc1ccccc1F)C(=O)N(CCC(=O)O)Cc1ccc(F)c(F)c1. The van der Waals surface area contributed by atoms with Crippen LogP contribution < -0.4 is 4.74 Å². The largest absolute Gasteiger partial charge is 0.481 e. The number of carbonyl (C=O) groups excluding carboxylic acids is 1. The van der Waals surface area contributed by atoms with Gasteiger partial charge in [-0.15, -0.1) is 0 Å². The van der Waals surface area contributed by atoms with E-state index < -0.39 is 35.4 Å². The summed E-state index contributed by atoms with van der Waals surface area (Å²) in [5, 5.41) is 8.87. The molecule has 1 atom stereocenters. The minimum Gasteiger partial charge on any atom is -0.481 e. The Morgan fingerprint density at radius 1 is 1.07 bits per heavy atom. The van der Waals surface area contributed by atoms with Gasteiger partial charge in [-0.05, 0) is 36.8 Å². The van der Waals surface area contributed by atoms with Crippen LogP contribution >= 0.6 is 0 Å². The third-order valence-corrected chi connectivity index (χ3v) is 3.75. The van der Waals surface area contributed by atoms with Crippen LogP contribution in [0.5, 0.6) is 5.75 Å². The van der Waals surface area contributed by atoms with Crippen molar-refractivity contribution in [1.29, 1.82) is 0 Å². The Labute approximate surface area is 154 Å². The van der Waals surface area contributed by atoms with Gasteiger partial charge in [-0.25, -0.2) is 13.2 Å². The molecule has 0 aliphatic carbocycles. The fourth-order valence-corrected chi connectivity index (χ4v) is 2.39. The quantitative estimate of drug-likeness (QED) is 0.761. The Bertz CT molecular complexity index is 828. The summed E-state index contributed by atoms with van der Waals surface area (Å²) in [4.78, 5) is 24.6. The molecule has 27 heavy (non-hydrogen) atoms. The molecule has 1 N–H and O–H groups in total. The lowest BCUT2D eigenvalue weighted by molar-refractivity contribution is -0.141. The Morgan fingerprint density at radius 3 is 2.41 bits per heavy atom. The van der Waals surface area contributed by atoms with Crippen LogP contribution in [0, 0.1) is 17.5 Å². The number of hydrogen-bond acceptors (Lipinski definition) is 3. The second-order valence-electron chi connectivity index (χ2n) is 5.84. The monoisotopic (exact) mass is 381 g/mol. The van der Waals surface area contributed by atoms with Gasteiger partial charge in [-0.3, -0.25) is 9.59 Å². The van der Waals surface area contributed by atoms with Crippen LogP contribution in [0.2, 0.25) is 0 Å². The molecular formula is C19H18F3NO4. The molecule has 0 aliphatic rings. The molecule has 0 aliphatic heterocycles. The van der Waals surface area contributed by atoms with E-state index in [1.54, 1.807) is 6.07 Å². The maximum atomic E-state index is 13.7. The van der Waals surface area contributed by atoms with Gasteiger partial charge in [0.15, 0.2) is 29.3 Å². The van der Waals surface area contributed by atoms with Crippen molar-refractivity contribution in [3.8, 4) is 5.75 Å². The van der Waals surface area contributed by atoms with Crippen LogP contribution in [0.4, 0.5) is 13.2 Å². The molecule has 144 valence electrons. The number of aliphatic carboxylic acids is 1. The van der Waals surface area contributed by atoms with Crippen molar-refractivity contribution in [2.24, 2.45) is 0 Å². The fourth-order valence-electron chi connectivity index (χ4n) is 2.39. The zero-order valence-corrected chi connectivity index (χ0v) is 14.5. The van der Waals surface area contributed by atoms with Crippen LogP contribution in [0.25, 0.3) is 0 Å². The summed E-state index contributed by atoms with van der Waals surface area (Å²) in [6, 6.07) is 8.69. The minimum atomic E-state index is -1.12. The van der Waals surface area contributed by atoms with E-state index in [2.05, 4.69) is 0 Å². The number of para-hydroxylation sites is 1. The van der Waals surface area contributed by atoms with Crippen LogP contribution in [-0.4, -0.2) is 34.5 Å². The summed E-state index contributed by atoms with van der Waals surface area (Å²) in [6.45, 7) is 1.08. The van der Waals surface area contributed by atoms with Gasteiger partial charge < -0.3 is 14.7 Å². The lowest BCUT2D eigenvalue weighted by atomic mass is 10.1. The molecule has 0 fully saturated rings. The number of hydrogen-bond donors (Lipinski definition) is 1. The summed E-state index contributed by atoms with van der Waals surface area (Å²) in [5.74, 6) is -4.60. The highest BCUT2D eigenvalue weighted by Gasteiger charge is 2.24. The summed E-state index contributed by atoms with van der Waals surface area (Å²) >= 11 is 0. The summed E-state index contributed by atoms with van der Waals surface area (Å²) in [5.41, 5.74) is 0.283. The number of amides is 1. The second-order valence-corrected chi connectivity index (χ2v) is 5.84. The predicted octanol–water partition coefficient (Wildman–Crippen LogP) is 3.37. The van der Waals surface area contributed by atoms with E-state index in [0.717, 1.165) is 17.0 Å². The summed E-state index contributed by atoms with van der Waals surface area (Å²) in [7, 11) is 0. The average molecular weight is 381 g/mol.